The molecule has 0 aliphatic heterocycles. The van der Waals surface area contributed by atoms with Gasteiger partial charge < -0.3 is 4.74 Å². The number of aromatic nitrogens is 1. The van der Waals surface area contributed by atoms with Crippen LogP contribution in [0.3, 0.4) is 0 Å². The molecule has 132 valence electrons. The maximum Gasteiger partial charge on any atom is 0.287 e. The van der Waals surface area contributed by atoms with E-state index in [0.29, 0.717) is 21.9 Å². The number of hydrogen-bond acceptors (Lipinski definition) is 5. The summed E-state index contributed by atoms with van der Waals surface area (Å²) >= 11 is 6.15. The predicted molar refractivity (Wildman–Crippen MR) is 102 cm³/mol. The fourth-order valence-electron chi connectivity index (χ4n) is 2.31. The van der Waals surface area contributed by atoms with Gasteiger partial charge in [0.2, 0.25) is 5.88 Å². The number of nitriles is 1. The van der Waals surface area contributed by atoms with Crippen LogP contribution in [0.25, 0.3) is 11.6 Å². The van der Waals surface area contributed by atoms with Crippen molar-refractivity contribution >= 4 is 28.9 Å². The number of benzene rings is 2. The summed E-state index contributed by atoms with van der Waals surface area (Å²) in [7, 11) is 0. The third kappa shape index (κ3) is 4.48. The summed E-state index contributed by atoms with van der Waals surface area (Å²) < 4.78 is 5.56. The second kappa shape index (κ2) is 8.13. The Kier molecular flexibility index (Phi) is 5.45. The van der Waals surface area contributed by atoms with Crippen LogP contribution in [0.5, 0.6) is 11.6 Å². The SMILES string of the molecule is N#CC(=Cc1ccc(Oc2ccc([N+](=O)[O-])cn2)cc1)c1ccccc1Cl. The molecular formula is C20H12ClN3O3. The lowest BCUT2D eigenvalue weighted by Crippen LogP contribution is -1.91. The highest BCUT2D eigenvalue weighted by molar-refractivity contribution is 6.32. The van der Waals surface area contributed by atoms with Gasteiger partial charge in [0.15, 0.2) is 0 Å². The van der Waals surface area contributed by atoms with E-state index in [4.69, 9.17) is 16.3 Å². The molecule has 6 nitrogen and oxygen atoms in total. The van der Waals surface area contributed by atoms with Gasteiger partial charge in [-0.15, -0.1) is 0 Å². The highest BCUT2D eigenvalue weighted by Gasteiger charge is 2.07. The van der Waals surface area contributed by atoms with Gasteiger partial charge in [0.25, 0.3) is 5.69 Å². The van der Waals surface area contributed by atoms with Crippen molar-refractivity contribution in [3.05, 3.63) is 93.1 Å². The van der Waals surface area contributed by atoms with Crippen molar-refractivity contribution in [3.8, 4) is 17.7 Å². The third-order valence-electron chi connectivity index (χ3n) is 3.63. The zero-order chi connectivity index (χ0) is 19.2. The molecule has 1 aromatic heterocycles. The second-order valence-corrected chi connectivity index (χ2v) is 5.84. The minimum absolute atomic E-state index is 0.105. The maximum absolute atomic E-state index is 10.6. The van der Waals surface area contributed by atoms with E-state index in [1.54, 1.807) is 48.5 Å². The number of halogens is 1. The zero-order valence-corrected chi connectivity index (χ0v) is 14.6. The summed E-state index contributed by atoms with van der Waals surface area (Å²) in [6.45, 7) is 0. The average Bonchev–Trinajstić information content (AvgIpc) is 2.68. The first-order valence-electron chi connectivity index (χ1n) is 7.82. The molecular weight excluding hydrogens is 366 g/mol. The normalized spacial score (nSPS) is 10.9. The van der Waals surface area contributed by atoms with Gasteiger partial charge in [-0.05, 0) is 29.8 Å². The van der Waals surface area contributed by atoms with Gasteiger partial charge in [0.05, 0.1) is 16.6 Å². The van der Waals surface area contributed by atoms with E-state index in [2.05, 4.69) is 11.1 Å². The first-order valence-corrected chi connectivity index (χ1v) is 8.19. The zero-order valence-electron chi connectivity index (χ0n) is 13.9. The van der Waals surface area contributed by atoms with Crippen LogP contribution in [0.4, 0.5) is 5.69 Å². The standard InChI is InChI=1S/C20H12ClN3O3/c21-19-4-2-1-3-18(19)15(12-22)11-14-5-8-17(9-6-14)27-20-10-7-16(13-23-20)24(25)26/h1-11,13H. The van der Waals surface area contributed by atoms with Crippen LogP contribution in [0.2, 0.25) is 5.02 Å². The molecule has 0 bridgehead atoms. The average molecular weight is 378 g/mol. The summed E-state index contributed by atoms with van der Waals surface area (Å²) in [6, 6.07) is 19.1. The van der Waals surface area contributed by atoms with Crippen LogP contribution in [0.15, 0.2) is 66.9 Å². The number of nitro groups is 1. The summed E-state index contributed by atoms with van der Waals surface area (Å²) in [5, 5.41) is 20.6. The third-order valence-corrected chi connectivity index (χ3v) is 3.96. The smallest absolute Gasteiger partial charge is 0.287 e. The maximum atomic E-state index is 10.6. The molecule has 0 saturated heterocycles. The summed E-state index contributed by atoms with van der Waals surface area (Å²) in [5.74, 6) is 0.766. The quantitative estimate of drug-likeness (QED) is 0.253. The Morgan fingerprint density at radius 3 is 2.48 bits per heavy atom. The Hall–Kier alpha value is -3.69. The number of hydrogen-bond donors (Lipinski definition) is 0. The van der Waals surface area contributed by atoms with Crippen LogP contribution in [-0.2, 0) is 0 Å². The molecule has 0 spiro atoms. The highest BCUT2D eigenvalue weighted by atomic mass is 35.5. The van der Waals surface area contributed by atoms with Crippen LogP contribution in [0.1, 0.15) is 11.1 Å². The Bertz CT molecular complexity index is 1040. The summed E-state index contributed by atoms with van der Waals surface area (Å²) in [5.41, 5.74) is 1.81. The van der Waals surface area contributed by atoms with E-state index in [9.17, 15) is 15.4 Å². The lowest BCUT2D eigenvalue weighted by molar-refractivity contribution is -0.385. The van der Waals surface area contributed by atoms with Gasteiger partial charge in [-0.1, -0.05) is 41.9 Å². The molecule has 7 heteroatoms. The number of allylic oxidation sites excluding steroid dienone is 1. The number of rotatable bonds is 5. The Morgan fingerprint density at radius 2 is 1.89 bits per heavy atom. The topological polar surface area (TPSA) is 89.0 Å². The molecule has 0 aliphatic rings. The van der Waals surface area contributed by atoms with Crippen molar-refractivity contribution in [1.29, 1.82) is 5.26 Å². The Balaban J connectivity index is 1.77. The van der Waals surface area contributed by atoms with Gasteiger partial charge in [0, 0.05) is 22.7 Å². The lowest BCUT2D eigenvalue weighted by Gasteiger charge is -2.05. The van der Waals surface area contributed by atoms with E-state index >= 15 is 0 Å². The number of pyridine rings is 1. The van der Waals surface area contributed by atoms with Crippen molar-refractivity contribution in [3.63, 3.8) is 0 Å². The van der Waals surface area contributed by atoms with E-state index in [1.807, 2.05) is 6.07 Å². The molecule has 0 N–H and O–H groups in total. The molecule has 0 aliphatic carbocycles. The van der Waals surface area contributed by atoms with E-state index in [1.165, 1.54) is 12.1 Å². The largest absolute Gasteiger partial charge is 0.439 e. The Morgan fingerprint density at radius 1 is 1.15 bits per heavy atom. The monoisotopic (exact) mass is 377 g/mol. The van der Waals surface area contributed by atoms with Crippen LogP contribution in [0, 0.1) is 21.4 Å². The first-order chi connectivity index (χ1) is 13.1. The minimum atomic E-state index is -0.524. The minimum Gasteiger partial charge on any atom is -0.439 e. The molecule has 0 saturated carbocycles. The number of nitrogens with zero attached hydrogens (tertiary/aromatic N) is 3. The first kappa shape index (κ1) is 18.1. The van der Waals surface area contributed by atoms with Crippen molar-refractivity contribution in [2.24, 2.45) is 0 Å². The van der Waals surface area contributed by atoms with Crippen LogP contribution in [-0.4, -0.2) is 9.91 Å². The molecule has 2 aromatic carbocycles. The molecule has 1 heterocycles. The fraction of sp³-hybridized carbons (Fsp3) is 0. The number of ether oxygens (including phenoxy) is 1. The lowest BCUT2D eigenvalue weighted by atomic mass is 10.0. The molecule has 0 fully saturated rings. The van der Waals surface area contributed by atoms with Gasteiger partial charge in [0.1, 0.15) is 11.9 Å². The summed E-state index contributed by atoms with van der Waals surface area (Å²) in [4.78, 5) is 14.0. The fourth-order valence-corrected chi connectivity index (χ4v) is 2.55. The van der Waals surface area contributed by atoms with E-state index in [-0.39, 0.29) is 11.6 Å². The molecule has 0 amide bonds. The highest BCUT2D eigenvalue weighted by Crippen LogP contribution is 2.26. The molecule has 0 atom stereocenters. The Labute approximate surface area is 160 Å². The van der Waals surface area contributed by atoms with Crippen molar-refractivity contribution in [2.75, 3.05) is 0 Å². The second-order valence-electron chi connectivity index (χ2n) is 5.43. The molecule has 3 rings (SSSR count). The van der Waals surface area contributed by atoms with Gasteiger partial charge >= 0.3 is 0 Å². The molecule has 3 aromatic rings. The van der Waals surface area contributed by atoms with Crippen molar-refractivity contribution in [2.45, 2.75) is 0 Å². The molecule has 0 radical (unpaired) electrons. The van der Waals surface area contributed by atoms with E-state index < -0.39 is 4.92 Å². The summed E-state index contributed by atoms with van der Waals surface area (Å²) in [6.07, 6.45) is 2.87. The van der Waals surface area contributed by atoms with Crippen LogP contribution >= 0.6 is 11.6 Å². The van der Waals surface area contributed by atoms with Gasteiger partial charge in [-0.25, -0.2) is 4.98 Å². The molecule has 27 heavy (non-hydrogen) atoms. The van der Waals surface area contributed by atoms with E-state index in [0.717, 1.165) is 11.8 Å². The van der Waals surface area contributed by atoms with Gasteiger partial charge in [-0.2, -0.15) is 5.26 Å². The van der Waals surface area contributed by atoms with Gasteiger partial charge in [-0.3, -0.25) is 10.1 Å². The van der Waals surface area contributed by atoms with Crippen LogP contribution < -0.4 is 4.74 Å². The predicted octanol–water partition coefficient (Wildman–Crippen LogP) is 5.50. The van der Waals surface area contributed by atoms with Crippen molar-refractivity contribution in [1.82, 2.24) is 4.98 Å². The molecule has 0 unspecified atom stereocenters. The van der Waals surface area contributed by atoms with Crippen molar-refractivity contribution < 1.29 is 9.66 Å².